The third kappa shape index (κ3) is 4.54. The number of cyclic esters (lactones) is 1. The van der Waals surface area contributed by atoms with Crippen LogP contribution >= 0.6 is 0 Å². The molecule has 1 amide bonds. The summed E-state index contributed by atoms with van der Waals surface area (Å²) < 4.78 is 10.7. The Labute approximate surface area is 206 Å². The summed E-state index contributed by atoms with van der Waals surface area (Å²) in [5.74, 6) is -1.10. The van der Waals surface area contributed by atoms with Gasteiger partial charge in [0.05, 0.1) is 11.0 Å². The first-order chi connectivity index (χ1) is 16.6. The number of para-hydroxylation sites is 1. The summed E-state index contributed by atoms with van der Waals surface area (Å²) in [5, 5.41) is 13.2. The van der Waals surface area contributed by atoms with Gasteiger partial charge in [-0.1, -0.05) is 43.4 Å². The number of carbonyl (C=O) groups is 3. The summed E-state index contributed by atoms with van der Waals surface area (Å²) in [5.41, 5.74) is 0.814. The van der Waals surface area contributed by atoms with Gasteiger partial charge in [-0.3, -0.25) is 9.59 Å². The first-order valence-electron chi connectivity index (χ1n) is 12.3. The van der Waals surface area contributed by atoms with Crippen molar-refractivity contribution in [2.45, 2.75) is 65.1 Å². The second-order valence-electron chi connectivity index (χ2n) is 10.6. The summed E-state index contributed by atoms with van der Waals surface area (Å²) in [6, 6.07) is 9.30. The van der Waals surface area contributed by atoms with E-state index in [1.807, 2.05) is 37.3 Å². The second-order valence-corrected chi connectivity index (χ2v) is 10.6. The number of benzene rings is 1. The topological polar surface area (TPSA) is 102 Å². The molecule has 2 saturated carbocycles. The van der Waals surface area contributed by atoms with Crippen molar-refractivity contribution in [2.24, 2.45) is 22.7 Å². The minimum Gasteiger partial charge on any atom is -0.461 e. The molecule has 0 spiro atoms. The van der Waals surface area contributed by atoms with Crippen molar-refractivity contribution in [3.05, 3.63) is 54.1 Å². The summed E-state index contributed by atoms with van der Waals surface area (Å²) in [7, 11) is 0. The Bertz CT molecular complexity index is 1050. The number of hydrogen-bond donors (Lipinski definition) is 2. The molecule has 7 nitrogen and oxygen atoms in total. The van der Waals surface area contributed by atoms with Crippen LogP contribution in [0.2, 0.25) is 0 Å². The van der Waals surface area contributed by atoms with E-state index in [1.54, 1.807) is 6.08 Å². The van der Waals surface area contributed by atoms with Crippen molar-refractivity contribution in [2.75, 3.05) is 11.9 Å². The number of fused-ring (bicyclic) bond motifs is 1. The molecule has 0 unspecified atom stereocenters. The molecular weight excluding hydrogens is 446 g/mol. The van der Waals surface area contributed by atoms with Crippen molar-refractivity contribution < 1.29 is 29.0 Å². The van der Waals surface area contributed by atoms with Crippen LogP contribution in [0.15, 0.2) is 54.1 Å². The minimum absolute atomic E-state index is 0.0106. The number of nitrogens with one attached hydrogen (secondary N) is 1. The van der Waals surface area contributed by atoms with Crippen LogP contribution in [-0.4, -0.2) is 41.8 Å². The van der Waals surface area contributed by atoms with E-state index < -0.39 is 29.6 Å². The molecule has 188 valence electrons. The number of hydrogen-bond acceptors (Lipinski definition) is 6. The first-order valence-corrected chi connectivity index (χ1v) is 12.3. The van der Waals surface area contributed by atoms with Crippen LogP contribution < -0.4 is 5.32 Å². The Morgan fingerprint density at radius 2 is 1.97 bits per heavy atom. The predicted octanol–water partition coefficient (Wildman–Crippen LogP) is 4.18. The molecule has 6 atom stereocenters. The summed E-state index contributed by atoms with van der Waals surface area (Å²) in [6.07, 6.45) is 3.65. The first kappa shape index (κ1) is 25.2. The molecule has 7 heteroatoms. The lowest BCUT2D eigenvalue weighted by molar-refractivity contribution is -0.181. The minimum atomic E-state index is -0.952. The van der Waals surface area contributed by atoms with Gasteiger partial charge in [0, 0.05) is 12.6 Å². The van der Waals surface area contributed by atoms with E-state index in [4.69, 9.17) is 9.47 Å². The molecule has 3 aliphatic rings. The SMILES string of the molecule is C=C1CC[C@H]2[C@@](C)(CC[C@@H](OC(C)=O)[C@@]2(C)C(=O)Nc2ccccc2)[C@@H]1C/C=C1/C(=O)OC[C@H]1O. The van der Waals surface area contributed by atoms with Gasteiger partial charge in [-0.25, -0.2) is 4.79 Å². The number of carbonyl (C=O) groups excluding carboxylic acids is 3. The second kappa shape index (κ2) is 9.61. The van der Waals surface area contributed by atoms with E-state index in [9.17, 15) is 19.5 Å². The smallest absolute Gasteiger partial charge is 0.336 e. The van der Waals surface area contributed by atoms with Crippen molar-refractivity contribution in [1.82, 2.24) is 0 Å². The van der Waals surface area contributed by atoms with E-state index in [0.29, 0.717) is 24.1 Å². The molecule has 35 heavy (non-hydrogen) atoms. The van der Waals surface area contributed by atoms with Gasteiger partial charge in [-0.05, 0) is 68.4 Å². The van der Waals surface area contributed by atoms with Crippen LogP contribution in [0.25, 0.3) is 0 Å². The summed E-state index contributed by atoms with van der Waals surface area (Å²) in [6.45, 7) is 9.82. The fourth-order valence-corrected chi connectivity index (χ4v) is 6.68. The highest BCUT2D eigenvalue weighted by molar-refractivity contribution is 5.96. The van der Waals surface area contributed by atoms with Crippen LogP contribution in [0.4, 0.5) is 5.69 Å². The maximum atomic E-state index is 13.9. The van der Waals surface area contributed by atoms with Crippen molar-refractivity contribution >= 4 is 23.5 Å². The molecule has 0 aromatic heterocycles. The van der Waals surface area contributed by atoms with Gasteiger partial charge in [0.25, 0.3) is 0 Å². The Kier molecular flexibility index (Phi) is 6.91. The van der Waals surface area contributed by atoms with Crippen LogP contribution in [0.3, 0.4) is 0 Å². The fourth-order valence-electron chi connectivity index (χ4n) is 6.68. The van der Waals surface area contributed by atoms with E-state index >= 15 is 0 Å². The van der Waals surface area contributed by atoms with E-state index in [0.717, 1.165) is 24.8 Å². The van der Waals surface area contributed by atoms with Gasteiger partial charge < -0.3 is 19.9 Å². The number of anilines is 1. The number of aliphatic hydroxyl groups is 1. The fraction of sp³-hybridized carbons (Fsp3) is 0.536. The monoisotopic (exact) mass is 481 g/mol. The molecule has 0 radical (unpaired) electrons. The molecule has 2 aliphatic carbocycles. The Morgan fingerprint density at radius 3 is 2.60 bits per heavy atom. The average molecular weight is 482 g/mol. The van der Waals surface area contributed by atoms with Crippen LogP contribution in [0, 0.1) is 22.7 Å². The van der Waals surface area contributed by atoms with Crippen molar-refractivity contribution in [3.8, 4) is 0 Å². The van der Waals surface area contributed by atoms with E-state index in [1.165, 1.54) is 6.92 Å². The van der Waals surface area contributed by atoms with Crippen LogP contribution in [0.5, 0.6) is 0 Å². The Balaban J connectivity index is 1.68. The highest BCUT2D eigenvalue weighted by Gasteiger charge is 2.62. The molecule has 1 aromatic carbocycles. The normalized spacial score (nSPS) is 35.8. The van der Waals surface area contributed by atoms with Gasteiger partial charge in [0.1, 0.15) is 18.8 Å². The summed E-state index contributed by atoms with van der Waals surface area (Å²) >= 11 is 0. The quantitative estimate of drug-likeness (QED) is 0.372. The Morgan fingerprint density at radius 1 is 1.26 bits per heavy atom. The average Bonchev–Trinajstić information content (AvgIpc) is 3.13. The van der Waals surface area contributed by atoms with Crippen molar-refractivity contribution in [3.63, 3.8) is 0 Å². The molecule has 1 saturated heterocycles. The third-order valence-corrected chi connectivity index (χ3v) is 8.55. The number of allylic oxidation sites excluding steroid dienone is 2. The van der Waals surface area contributed by atoms with Gasteiger partial charge >= 0.3 is 11.9 Å². The number of rotatable bonds is 5. The molecule has 1 heterocycles. The zero-order valence-electron chi connectivity index (χ0n) is 20.7. The van der Waals surface area contributed by atoms with Crippen molar-refractivity contribution in [1.29, 1.82) is 0 Å². The maximum Gasteiger partial charge on any atom is 0.336 e. The third-order valence-electron chi connectivity index (χ3n) is 8.55. The number of esters is 2. The van der Waals surface area contributed by atoms with Gasteiger partial charge in [0.15, 0.2) is 0 Å². The van der Waals surface area contributed by atoms with E-state index in [-0.39, 0.29) is 29.8 Å². The lowest BCUT2D eigenvalue weighted by atomic mass is 9.45. The number of ether oxygens (including phenoxy) is 2. The highest BCUT2D eigenvalue weighted by Crippen LogP contribution is 2.62. The highest BCUT2D eigenvalue weighted by atomic mass is 16.6. The van der Waals surface area contributed by atoms with Gasteiger partial charge in [-0.15, -0.1) is 0 Å². The molecule has 4 rings (SSSR count). The zero-order chi connectivity index (χ0) is 25.4. The lowest BCUT2D eigenvalue weighted by Gasteiger charge is -2.59. The Hall–Kier alpha value is -2.93. The molecule has 0 bridgehead atoms. The van der Waals surface area contributed by atoms with E-state index in [2.05, 4.69) is 18.8 Å². The maximum absolute atomic E-state index is 13.9. The predicted molar refractivity (Wildman–Crippen MR) is 131 cm³/mol. The van der Waals surface area contributed by atoms with Gasteiger partial charge in [0.2, 0.25) is 5.91 Å². The standard InChI is InChI=1S/C28H35NO6/c1-17-10-13-23-27(3,21(17)12-11-20-22(31)16-34-25(20)32)15-14-24(35-18(2)30)28(23,4)26(33)29-19-8-6-5-7-9-19/h5-9,11,21-24,31H,1,10,12-16H2,2-4H3,(H,29,33)/b20-11+/t21-,22-,23+,24-,27+,28+/m1/s1. The number of aliphatic hydroxyl groups excluding tert-OH is 1. The summed E-state index contributed by atoms with van der Waals surface area (Å²) in [4.78, 5) is 37.9. The van der Waals surface area contributed by atoms with Gasteiger partial charge in [-0.2, -0.15) is 0 Å². The molecular formula is C28H35NO6. The number of amides is 1. The molecule has 1 aromatic rings. The lowest BCUT2D eigenvalue weighted by Crippen LogP contribution is -2.61. The van der Waals surface area contributed by atoms with Crippen LogP contribution in [0.1, 0.15) is 52.9 Å². The molecule has 1 aliphatic heterocycles. The molecule has 3 fully saturated rings. The molecule has 2 N–H and O–H groups in total. The van der Waals surface area contributed by atoms with Crippen LogP contribution in [-0.2, 0) is 23.9 Å². The largest absolute Gasteiger partial charge is 0.461 e. The zero-order valence-corrected chi connectivity index (χ0v) is 20.7.